The SMILES string of the molecule is N#CCc1cccc(CNCCCCOCCNc2nc3cc(C(N)=O)ccc3c3cnccc23)c1. The highest BCUT2D eigenvalue weighted by atomic mass is 16.5. The van der Waals surface area contributed by atoms with Gasteiger partial charge in [0.15, 0.2) is 0 Å². The number of anilines is 1. The van der Waals surface area contributed by atoms with Crippen LogP contribution in [0.25, 0.3) is 21.7 Å². The number of benzene rings is 2. The number of nitrogens with one attached hydrogen (secondary N) is 2. The second kappa shape index (κ2) is 12.6. The first-order chi connectivity index (χ1) is 17.7. The summed E-state index contributed by atoms with van der Waals surface area (Å²) in [7, 11) is 0. The van der Waals surface area contributed by atoms with Crippen LogP contribution < -0.4 is 16.4 Å². The highest BCUT2D eigenvalue weighted by Crippen LogP contribution is 2.29. The molecule has 8 heteroatoms. The summed E-state index contributed by atoms with van der Waals surface area (Å²) >= 11 is 0. The Hall–Kier alpha value is -4.06. The maximum atomic E-state index is 11.6. The van der Waals surface area contributed by atoms with Crippen LogP contribution in [0, 0.1) is 11.3 Å². The fourth-order valence-electron chi connectivity index (χ4n) is 4.11. The fourth-order valence-corrected chi connectivity index (χ4v) is 4.11. The molecule has 0 saturated carbocycles. The number of carbonyl (C=O) groups excluding carboxylic acids is 1. The summed E-state index contributed by atoms with van der Waals surface area (Å²) in [5.74, 6) is 0.251. The predicted octanol–water partition coefficient (Wildman–Crippen LogP) is 3.95. The molecule has 0 aliphatic rings. The van der Waals surface area contributed by atoms with Crippen molar-refractivity contribution in [3.8, 4) is 6.07 Å². The van der Waals surface area contributed by atoms with Crippen molar-refractivity contribution in [2.75, 3.05) is 31.6 Å². The number of hydrogen-bond donors (Lipinski definition) is 3. The van der Waals surface area contributed by atoms with Crippen LogP contribution in [0.1, 0.15) is 34.3 Å². The van der Waals surface area contributed by atoms with E-state index in [1.807, 2.05) is 30.5 Å². The summed E-state index contributed by atoms with van der Waals surface area (Å²) in [4.78, 5) is 20.6. The van der Waals surface area contributed by atoms with Crippen molar-refractivity contribution in [2.24, 2.45) is 5.73 Å². The number of fused-ring (bicyclic) bond motifs is 3. The van der Waals surface area contributed by atoms with Crippen LogP contribution in [-0.2, 0) is 17.7 Å². The first-order valence-electron chi connectivity index (χ1n) is 12.1. The van der Waals surface area contributed by atoms with Gasteiger partial charge in [0.05, 0.1) is 24.6 Å². The quantitative estimate of drug-likeness (QED) is 0.195. The van der Waals surface area contributed by atoms with Crippen LogP contribution in [0.15, 0.2) is 60.9 Å². The summed E-state index contributed by atoms with van der Waals surface area (Å²) in [5.41, 5.74) is 8.81. The van der Waals surface area contributed by atoms with Crippen molar-refractivity contribution in [2.45, 2.75) is 25.8 Å². The molecular formula is C28H30N6O2. The zero-order valence-corrected chi connectivity index (χ0v) is 20.2. The number of rotatable bonds is 13. The molecular weight excluding hydrogens is 452 g/mol. The summed E-state index contributed by atoms with van der Waals surface area (Å²) < 4.78 is 5.79. The van der Waals surface area contributed by atoms with Gasteiger partial charge in [-0.05, 0) is 48.7 Å². The number of nitrogens with zero attached hydrogens (tertiary/aromatic N) is 3. The van der Waals surface area contributed by atoms with E-state index in [9.17, 15) is 4.79 Å². The predicted molar refractivity (Wildman–Crippen MR) is 142 cm³/mol. The molecule has 0 aliphatic carbocycles. The molecule has 0 aliphatic heterocycles. The standard InChI is InChI=1S/C28H30N6O2/c29-10-8-20-4-3-5-21(16-20)18-31-11-1-2-14-36-15-13-33-28-24-9-12-32-19-25(24)23-7-6-22(27(30)35)17-26(23)34-28/h3-7,9,12,16-17,19,31H,1-2,8,11,13-15,18H2,(H2,30,35)(H,33,34). The van der Waals surface area contributed by atoms with Crippen LogP contribution >= 0.6 is 0 Å². The molecule has 184 valence electrons. The Morgan fingerprint density at radius 2 is 1.89 bits per heavy atom. The average Bonchev–Trinajstić information content (AvgIpc) is 2.89. The average molecular weight is 483 g/mol. The minimum absolute atomic E-state index is 0.425. The van der Waals surface area contributed by atoms with Gasteiger partial charge < -0.3 is 21.1 Å². The van der Waals surface area contributed by atoms with Crippen LogP contribution in [0.3, 0.4) is 0 Å². The first-order valence-corrected chi connectivity index (χ1v) is 12.1. The molecule has 0 spiro atoms. The van der Waals surface area contributed by atoms with Gasteiger partial charge in [-0.25, -0.2) is 4.98 Å². The molecule has 4 N–H and O–H groups in total. The molecule has 2 heterocycles. The zero-order chi connectivity index (χ0) is 25.2. The number of nitrogens with two attached hydrogens (primary N) is 1. The largest absolute Gasteiger partial charge is 0.380 e. The van der Waals surface area contributed by atoms with Gasteiger partial charge in [-0.3, -0.25) is 9.78 Å². The number of nitriles is 1. The fraction of sp³-hybridized carbons (Fsp3) is 0.286. The van der Waals surface area contributed by atoms with Crippen LogP contribution in [-0.4, -0.2) is 42.2 Å². The van der Waals surface area contributed by atoms with Crippen LogP contribution in [0.2, 0.25) is 0 Å². The Labute approximate surface area is 210 Å². The lowest BCUT2D eigenvalue weighted by Crippen LogP contribution is -2.16. The van der Waals surface area contributed by atoms with E-state index in [0.29, 0.717) is 37.3 Å². The van der Waals surface area contributed by atoms with Gasteiger partial charge in [-0.15, -0.1) is 0 Å². The third-order valence-corrected chi connectivity index (χ3v) is 5.92. The lowest BCUT2D eigenvalue weighted by atomic mass is 10.1. The maximum Gasteiger partial charge on any atom is 0.248 e. The van der Waals surface area contributed by atoms with E-state index in [1.54, 1.807) is 18.3 Å². The van der Waals surface area contributed by atoms with E-state index < -0.39 is 5.91 Å². The Morgan fingerprint density at radius 3 is 2.75 bits per heavy atom. The normalized spacial score (nSPS) is 11.0. The summed E-state index contributed by atoms with van der Waals surface area (Å²) in [5, 5.41) is 18.5. The Kier molecular flexibility index (Phi) is 8.76. The second-order valence-electron chi connectivity index (χ2n) is 8.56. The number of pyridine rings is 2. The number of ether oxygens (including phenoxy) is 1. The van der Waals surface area contributed by atoms with E-state index >= 15 is 0 Å². The molecule has 0 unspecified atom stereocenters. The summed E-state index contributed by atoms with van der Waals surface area (Å²) in [6.07, 6.45) is 5.99. The summed E-state index contributed by atoms with van der Waals surface area (Å²) in [6.45, 7) is 3.58. The van der Waals surface area contributed by atoms with Gasteiger partial charge >= 0.3 is 0 Å². The molecule has 4 aromatic rings. The van der Waals surface area contributed by atoms with E-state index in [1.165, 1.54) is 5.56 Å². The third kappa shape index (κ3) is 6.54. The summed E-state index contributed by atoms with van der Waals surface area (Å²) in [6, 6.07) is 17.5. The van der Waals surface area contributed by atoms with Crippen molar-refractivity contribution in [1.82, 2.24) is 15.3 Å². The number of aromatic nitrogens is 2. The third-order valence-electron chi connectivity index (χ3n) is 5.92. The number of carbonyl (C=O) groups is 1. The molecule has 0 atom stereocenters. The van der Waals surface area contributed by atoms with Crippen molar-refractivity contribution < 1.29 is 9.53 Å². The second-order valence-corrected chi connectivity index (χ2v) is 8.56. The molecule has 36 heavy (non-hydrogen) atoms. The molecule has 2 aromatic carbocycles. The molecule has 8 nitrogen and oxygen atoms in total. The van der Waals surface area contributed by atoms with Gasteiger partial charge in [-0.2, -0.15) is 5.26 Å². The van der Waals surface area contributed by atoms with Crippen molar-refractivity contribution in [3.63, 3.8) is 0 Å². The van der Waals surface area contributed by atoms with Gasteiger partial charge in [0.25, 0.3) is 0 Å². The Morgan fingerprint density at radius 1 is 1.00 bits per heavy atom. The van der Waals surface area contributed by atoms with E-state index in [0.717, 1.165) is 53.5 Å². The molecule has 4 rings (SSSR count). The minimum atomic E-state index is -0.479. The number of unbranched alkanes of at least 4 members (excludes halogenated alkanes) is 1. The highest BCUT2D eigenvalue weighted by molar-refractivity contribution is 6.11. The van der Waals surface area contributed by atoms with E-state index in [-0.39, 0.29) is 0 Å². The lowest BCUT2D eigenvalue weighted by molar-refractivity contribution is 0.100. The van der Waals surface area contributed by atoms with E-state index in [4.69, 9.17) is 20.7 Å². The van der Waals surface area contributed by atoms with Crippen LogP contribution in [0.5, 0.6) is 0 Å². The van der Waals surface area contributed by atoms with Crippen molar-refractivity contribution in [1.29, 1.82) is 5.26 Å². The van der Waals surface area contributed by atoms with Gasteiger partial charge in [0.1, 0.15) is 5.82 Å². The van der Waals surface area contributed by atoms with Crippen molar-refractivity contribution in [3.05, 3.63) is 77.6 Å². The lowest BCUT2D eigenvalue weighted by Gasteiger charge is -2.12. The van der Waals surface area contributed by atoms with Crippen molar-refractivity contribution >= 4 is 33.4 Å². The Balaban J connectivity index is 1.19. The topological polar surface area (TPSA) is 126 Å². The van der Waals surface area contributed by atoms with Crippen LogP contribution in [0.4, 0.5) is 5.82 Å². The van der Waals surface area contributed by atoms with Gasteiger partial charge in [0.2, 0.25) is 5.91 Å². The van der Waals surface area contributed by atoms with Gasteiger partial charge in [-0.1, -0.05) is 30.3 Å². The molecule has 1 amide bonds. The molecule has 2 aromatic heterocycles. The minimum Gasteiger partial charge on any atom is -0.380 e. The maximum absolute atomic E-state index is 11.6. The molecule has 0 bridgehead atoms. The molecule has 0 radical (unpaired) electrons. The monoisotopic (exact) mass is 482 g/mol. The Bertz CT molecular complexity index is 1380. The highest BCUT2D eigenvalue weighted by Gasteiger charge is 2.10. The molecule has 0 saturated heterocycles. The zero-order valence-electron chi connectivity index (χ0n) is 20.2. The van der Waals surface area contributed by atoms with Gasteiger partial charge in [0, 0.05) is 53.8 Å². The first kappa shape index (κ1) is 25.0. The number of hydrogen-bond acceptors (Lipinski definition) is 7. The number of amides is 1. The number of primary amides is 1. The van der Waals surface area contributed by atoms with E-state index in [2.05, 4.69) is 33.8 Å². The smallest absolute Gasteiger partial charge is 0.248 e. The molecule has 0 fully saturated rings.